The molecule has 2 aliphatic rings. The van der Waals surface area contributed by atoms with Crippen molar-refractivity contribution < 1.29 is 0 Å². The summed E-state index contributed by atoms with van der Waals surface area (Å²) in [6, 6.07) is 9.33. The topological polar surface area (TPSA) is 32.5 Å². The minimum absolute atomic E-state index is 0.466. The van der Waals surface area contributed by atoms with E-state index in [1.165, 1.54) is 50.1 Å². The summed E-state index contributed by atoms with van der Waals surface area (Å²) in [7, 11) is 0. The van der Waals surface area contributed by atoms with Gasteiger partial charge in [0.1, 0.15) is 0 Å². The molecule has 110 valence electrons. The van der Waals surface area contributed by atoms with Crippen molar-refractivity contribution in [3.05, 3.63) is 29.8 Å². The van der Waals surface area contributed by atoms with Crippen molar-refractivity contribution in [2.24, 2.45) is 11.7 Å². The van der Waals surface area contributed by atoms with Crippen molar-refractivity contribution >= 4 is 5.69 Å². The molecule has 2 unspecified atom stereocenters. The van der Waals surface area contributed by atoms with Gasteiger partial charge in [-0.25, -0.2) is 0 Å². The van der Waals surface area contributed by atoms with E-state index in [-0.39, 0.29) is 0 Å². The Morgan fingerprint density at radius 2 is 1.95 bits per heavy atom. The molecule has 1 aromatic carbocycles. The Kier molecular flexibility index (Phi) is 4.27. The highest BCUT2D eigenvalue weighted by Crippen LogP contribution is 2.26. The van der Waals surface area contributed by atoms with Crippen molar-refractivity contribution in [2.45, 2.75) is 32.2 Å². The Bertz CT molecular complexity index is 438. The normalized spacial score (nSPS) is 28.0. The first-order valence-corrected chi connectivity index (χ1v) is 8.00. The molecule has 0 spiro atoms. The van der Waals surface area contributed by atoms with Crippen LogP contribution in [0.25, 0.3) is 0 Å². The number of rotatable bonds is 3. The zero-order valence-electron chi connectivity index (χ0n) is 12.6. The maximum atomic E-state index is 6.02. The summed E-state index contributed by atoms with van der Waals surface area (Å²) in [5.41, 5.74) is 8.75. The van der Waals surface area contributed by atoms with Crippen LogP contribution in [0, 0.1) is 12.8 Å². The average molecular weight is 273 g/mol. The molecule has 1 aromatic rings. The molecule has 1 saturated heterocycles. The lowest BCUT2D eigenvalue weighted by atomic mass is 10.1. The molecule has 2 fully saturated rings. The standard InChI is InChI=1S/C17H27N3/c1-14-3-2-4-17(11-14)20-9-7-19(8-10-20)13-15-5-6-16(18)12-15/h2-4,11,15-16H,5-10,12-13,18H2,1H3. The van der Waals surface area contributed by atoms with Gasteiger partial charge < -0.3 is 10.6 Å². The number of hydrogen-bond donors (Lipinski definition) is 1. The van der Waals surface area contributed by atoms with Crippen LogP contribution in [0.1, 0.15) is 24.8 Å². The fraction of sp³-hybridized carbons (Fsp3) is 0.647. The molecular weight excluding hydrogens is 246 g/mol. The van der Waals surface area contributed by atoms with E-state index in [1.807, 2.05) is 0 Å². The smallest absolute Gasteiger partial charge is 0.0369 e. The second kappa shape index (κ2) is 6.15. The lowest BCUT2D eigenvalue weighted by molar-refractivity contribution is 0.219. The largest absolute Gasteiger partial charge is 0.369 e. The van der Waals surface area contributed by atoms with Gasteiger partial charge in [-0.15, -0.1) is 0 Å². The molecule has 2 atom stereocenters. The van der Waals surface area contributed by atoms with E-state index < -0.39 is 0 Å². The van der Waals surface area contributed by atoms with Crippen LogP contribution in [0.4, 0.5) is 5.69 Å². The van der Waals surface area contributed by atoms with Gasteiger partial charge in [-0.1, -0.05) is 12.1 Å². The summed E-state index contributed by atoms with van der Waals surface area (Å²) in [5.74, 6) is 0.843. The van der Waals surface area contributed by atoms with Crippen molar-refractivity contribution in [3.8, 4) is 0 Å². The first-order valence-electron chi connectivity index (χ1n) is 8.00. The number of nitrogens with zero attached hydrogens (tertiary/aromatic N) is 2. The molecule has 1 saturated carbocycles. The molecule has 3 rings (SSSR count). The number of nitrogens with two attached hydrogens (primary N) is 1. The van der Waals surface area contributed by atoms with Gasteiger partial charge in [0.05, 0.1) is 0 Å². The fourth-order valence-electron chi connectivity index (χ4n) is 3.66. The summed E-state index contributed by atoms with van der Waals surface area (Å²) < 4.78 is 0. The Labute approximate surface area is 122 Å². The third kappa shape index (κ3) is 3.33. The maximum absolute atomic E-state index is 6.02. The molecule has 0 aromatic heterocycles. The molecular formula is C17H27N3. The number of anilines is 1. The maximum Gasteiger partial charge on any atom is 0.0369 e. The molecule has 3 nitrogen and oxygen atoms in total. The molecule has 0 bridgehead atoms. The van der Waals surface area contributed by atoms with Crippen LogP contribution in [0.15, 0.2) is 24.3 Å². The molecule has 3 heteroatoms. The van der Waals surface area contributed by atoms with Gasteiger partial charge in [-0.05, 0) is 49.8 Å². The number of piperazine rings is 1. The molecule has 1 aliphatic carbocycles. The van der Waals surface area contributed by atoms with E-state index in [0.29, 0.717) is 6.04 Å². The SMILES string of the molecule is Cc1cccc(N2CCN(CC3CCC(N)C3)CC2)c1. The highest BCUT2D eigenvalue weighted by atomic mass is 15.3. The number of hydrogen-bond acceptors (Lipinski definition) is 3. The molecule has 20 heavy (non-hydrogen) atoms. The van der Waals surface area contributed by atoms with E-state index in [1.54, 1.807) is 0 Å². The van der Waals surface area contributed by atoms with Crippen LogP contribution < -0.4 is 10.6 Å². The predicted octanol–water partition coefficient (Wildman–Crippen LogP) is 2.24. The first-order chi connectivity index (χ1) is 9.70. The van der Waals surface area contributed by atoms with Gasteiger partial charge >= 0.3 is 0 Å². The second-order valence-corrected chi connectivity index (χ2v) is 6.57. The molecule has 1 heterocycles. The minimum atomic E-state index is 0.466. The minimum Gasteiger partial charge on any atom is -0.369 e. The van der Waals surface area contributed by atoms with Crippen molar-refractivity contribution in [1.82, 2.24) is 4.90 Å². The zero-order valence-corrected chi connectivity index (χ0v) is 12.6. The summed E-state index contributed by atoms with van der Waals surface area (Å²) in [4.78, 5) is 5.15. The first kappa shape index (κ1) is 13.9. The Hall–Kier alpha value is -1.06. The van der Waals surface area contributed by atoms with E-state index in [0.717, 1.165) is 19.0 Å². The average Bonchev–Trinajstić information content (AvgIpc) is 2.85. The van der Waals surface area contributed by atoms with Crippen molar-refractivity contribution in [3.63, 3.8) is 0 Å². The van der Waals surface area contributed by atoms with Gasteiger partial charge in [0, 0.05) is 44.5 Å². The van der Waals surface area contributed by atoms with Crippen LogP contribution in [-0.4, -0.2) is 43.7 Å². The summed E-state index contributed by atoms with van der Waals surface area (Å²) >= 11 is 0. The molecule has 2 N–H and O–H groups in total. The monoisotopic (exact) mass is 273 g/mol. The van der Waals surface area contributed by atoms with Gasteiger partial charge in [0.15, 0.2) is 0 Å². The van der Waals surface area contributed by atoms with Gasteiger partial charge in [0.2, 0.25) is 0 Å². The predicted molar refractivity (Wildman–Crippen MR) is 85.1 cm³/mol. The lowest BCUT2D eigenvalue weighted by Crippen LogP contribution is -2.47. The lowest BCUT2D eigenvalue weighted by Gasteiger charge is -2.37. The Morgan fingerprint density at radius 3 is 2.60 bits per heavy atom. The van der Waals surface area contributed by atoms with E-state index >= 15 is 0 Å². The third-order valence-electron chi connectivity index (χ3n) is 4.84. The highest BCUT2D eigenvalue weighted by Gasteiger charge is 2.25. The number of aryl methyl sites for hydroxylation is 1. The van der Waals surface area contributed by atoms with Crippen LogP contribution in [-0.2, 0) is 0 Å². The number of benzene rings is 1. The zero-order chi connectivity index (χ0) is 13.9. The summed E-state index contributed by atoms with van der Waals surface area (Å²) in [6.45, 7) is 8.13. The Morgan fingerprint density at radius 1 is 1.15 bits per heavy atom. The van der Waals surface area contributed by atoms with Gasteiger partial charge in [0.25, 0.3) is 0 Å². The quantitative estimate of drug-likeness (QED) is 0.917. The molecule has 0 amide bonds. The molecule has 1 aliphatic heterocycles. The highest BCUT2D eigenvalue weighted by molar-refractivity contribution is 5.48. The van der Waals surface area contributed by atoms with Crippen molar-refractivity contribution in [1.29, 1.82) is 0 Å². The van der Waals surface area contributed by atoms with Gasteiger partial charge in [-0.2, -0.15) is 0 Å². The third-order valence-corrected chi connectivity index (χ3v) is 4.84. The molecule has 0 radical (unpaired) electrons. The Balaban J connectivity index is 1.49. The summed E-state index contributed by atoms with van der Waals surface area (Å²) in [5, 5.41) is 0. The van der Waals surface area contributed by atoms with Crippen LogP contribution in [0.2, 0.25) is 0 Å². The van der Waals surface area contributed by atoms with Crippen molar-refractivity contribution in [2.75, 3.05) is 37.6 Å². The van der Waals surface area contributed by atoms with Crippen LogP contribution >= 0.6 is 0 Å². The van der Waals surface area contributed by atoms with E-state index in [2.05, 4.69) is 41.0 Å². The van der Waals surface area contributed by atoms with Gasteiger partial charge in [-0.3, -0.25) is 4.90 Å². The summed E-state index contributed by atoms with van der Waals surface area (Å²) in [6.07, 6.45) is 3.80. The van der Waals surface area contributed by atoms with Crippen LogP contribution in [0.3, 0.4) is 0 Å². The van der Waals surface area contributed by atoms with E-state index in [4.69, 9.17) is 5.73 Å². The fourth-order valence-corrected chi connectivity index (χ4v) is 3.66. The second-order valence-electron chi connectivity index (χ2n) is 6.57. The van der Waals surface area contributed by atoms with Crippen LogP contribution in [0.5, 0.6) is 0 Å². The van der Waals surface area contributed by atoms with E-state index in [9.17, 15) is 0 Å².